The minimum absolute atomic E-state index is 0.154. The lowest BCUT2D eigenvalue weighted by Crippen LogP contribution is -2.37. The summed E-state index contributed by atoms with van der Waals surface area (Å²) in [5, 5.41) is 2.87. The molecule has 0 aliphatic carbocycles. The SMILES string of the molecule is COc1ccc(S(=O)(=O)N2CC=C(C(=O)NCc3ccc4c(c3)OCO4)CC2)cc1. The van der Waals surface area contributed by atoms with Crippen LogP contribution in [0.4, 0.5) is 0 Å². The Morgan fingerprint density at radius 2 is 1.90 bits per heavy atom. The number of hydrogen-bond acceptors (Lipinski definition) is 6. The standard InChI is InChI=1S/C21H22N2O6S/c1-27-17-3-5-18(6-4-17)30(25,26)23-10-8-16(9-11-23)21(24)22-13-15-2-7-19-20(12-15)29-14-28-19/h2-8,12H,9-11,13-14H2,1H3,(H,22,24). The molecule has 0 unspecified atom stereocenters. The van der Waals surface area contributed by atoms with Crippen molar-refractivity contribution in [1.29, 1.82) is 0 Å². The molecule has 8 nitrogen and oxygen atoms in total. The number of sulfonamides is 1. The third-order valence-corrected chi connectivity index (χ3v) is 6.93. The maximum Gasteiger partial charge on any atom is 0.247 e. The summed E-state index contributed by atoms with van der Waals surface area (Å²) in [6.45, 7) is 0.952. The van der Waals surface area contributed by atoms with E-state index >= 15 is 0 Å². The van der Waals surface area contributed by atoms with Gasteiger partial charge in [0, 0.05) is 25.2 Å². The van der Waals surface area contributed by atoms with Gasteiger partial charge in [0.25, 0.3) is 0 Å². The van der Waals surface area contributed by atoms with Gasteiger partial charge < -0.3 is 19.5 Å². The molecular formula is C21H22N2O6S. The Kier molecular flexibility index (Phi) is 5.65. The largest absolute Gasteiger partial charge is 0.497 e. The zero-order valence-electron chi connectivity index (χ0n) is 16.5. The number of amides is 1. The molecule has 0 atom stereocenters. The van der Waals surface area contributed by atoms with Gasteiger partial charge in [-0.05, 0) is 48.4 Å². The normalized spacial score (nSPS) is 16.1. The molecule has 4 rings (SSSR count). The molecule has 0 aromatic heterocycles. The van der Waals surface area contributed by atoms with Crippen molar-refractivity contribution in [1.82, 2.24) is 9.62 Å². The molecule has 1 N–H and O–H groups in total. The first-order valence-corrected chi connectivity index (χ1v) is 10.9. The van der Waals surface area contributed by atoms with Crippen LogP contribution in [0.2, 0.25) is 0 Å². The van der Waals surface area contributed by atoms with Gasteiger partial charge in [-0.25, -0.2) is 8.42 Å². The van der Waals surface area contributed by atoms with E-state index in [0.717, 1.165) is 5.56 Å². The molecule has 0 spiro atoms. The highest BCUT2D eigenvalue weighted by molar-refractivity contribution is 7.89. The summed E-state index contributed by atoms with van der Waals surface area (Å²) in [7, 11) is -2.10. The fourth-order valence-corrected chi connectivity index (χ4v) is 4.70. The van der Waals surface area contributed by atoms with Crippen LogP contribution in [0.1, 0.15) is 12.0 Å². The molecule has 0 fully saturated rings. The second kappa shape index (κ2) is 8.37. The smallest absolute Gasteiger partial charge is 0.247 e. The molecule has 9 heteroatoms. The molecular weight excluding hydrogens is 408 g/mol. The summed E-state index contributed by atoms with van der Waals surface area (Å²) in [4.78, 5) is 12.7. The Balaban J connectivity index is 1.36. The quantitative estimate of drug-likeness (QED) is 0.754. The van der Waals surface area contributed by atoms with Crippen molar-refractivity contribution in [3.63, 3.8) is 0 Å². The number of nitrogens with zero attached hydrogens (tertiary/aromatic N) is 1. The second-order valence-electron chi connectivity index (χ2n) is 6.89. The Hall–Kier alpha value is -3.04. The Labute approximate surface area is 175 Å². The molecule has 30 heavy (non-hydrogen) atoms. The molecule has 158 valence electrons. The van der Waals surface area contributed by atoms with E-state index in [1.54, 1.807) is 18.2 Å². The predicted molar refractivity (Wildman–Crippen MR) is 109 cm³/mol. The lowest BCUT2D eigenvalue weighted by molar-refractivity contribution is -0.117. The van der Waals surface area contributed by atoms with Crippen molar-refractivity contribution >= 4 is 15.9 Å². The molecule has 1 amide bonds. The number of fused-ring (bicyclic) bond motifs is 1. The maximum absolute atomic E-state index is 12.8. The van der Waals surface area contributed by atoms with Crippen LogP contribution in [0.3, 0.4) is 0 Å². The fourth-order valence-electron chi connectivity index (χ4n) is 3.32. The zero-order valence-corrected chi connectivity index (χ0v) is 17.3. The number of carbonyl (C=O) groups excluding carboxylic acids is 1. The number of ether oxygens (including phenoxy) is 3. The Bertz CT molecular complexity index is 1080. The van der Waals surface area contributed by atoms with Gasteiger partial charge in [0.2, 0.25) is 22.7 Å². The van der Waals surface area contributed by atoms with Gasteiger partial charge in [-0.15, -0.1) is 0 Å². The van der Waals surface area contributed by atoms with E-state index in [1.807, 2.05) is 18.2 Å². The highest BCUT2D eigenvalue weighted by atomic mass is 32.2. The van der Waals surface area contributed by atoms with Crippen LogP contribution in [0, 0.1) is 0 Å². The minimum atomic E-state index is -3.62. The number of methoxy groups -OCH3 is 1. The first kappa shape index (κ1) is 20.2. The summed E-state index contributed by atoms with van der Waals surface area (Å²) in [6, 6.07) is 11.8. The van der Waals surface area contributed by atoms with E-state index < -0.39 is 10.0 Å². The number of hydrogen-bond donors (Lipinski definition) is 1. The van der Waals surface area contributed by atoms with Gasteiger partial charge in [-0.1, -0.05) is 12.1 Å². The van der Waals surface area contributed by atoms with E-state index in [0.29, 0.717) is 35.8 Å². The van der Waals surface area contributed by atoms with Crippen molar-refractivity contribution in [2.24, 2.45) is 0 Å². The van der Waals surface area contributed by atoms with Crippen LogP contribution in [-0.4, -0.2) is 45.6 Å². The third kappa shape index (κ3) is 4.12. The average molecular weight is 430 g/mol. The monoisotopic (exact) mass is 430 g/mol. The average Bonchev–Trinajstić information content (AvgIpc) is 3.25. The summed E-state index contributed by atoms with van der Waals surface area (Å²) < 4.78 is 42.7. The van der Waals surface area contributed by atoms with Crippen LogP contribution in [0.15, 0.2) is 59.0 Å². The Morgan fingerprint density at radius 1 is 1.13 bits per heavy atom. The number of rotatable bonds is 6. The number of nitrogens with one attached hydrogen (secondary N) is 1. The van der Waals surface area contributed by atoms with Gasteiger partial charge in [-0.2, -0.15) is 4.31 Å². The van der Waals surface area contributed by atoms with Crippen LogP contribution in [0.25, 0.3) is 0 Å². The summed E-state index contributed by atoms with van der Waals surface area (Å²) >= 11 is 0. The minimum Gasteiger partial charge on any atom is -0.497 e. The molecule has 2 aliphatic heterocycles. The molecule has 0 saturated heterocycles. The maximum atomic E-state index is 12.8. The van der Waals surface area contributed by atoms with E-state index in [4.69, 9.17) is 14.2 Å². The molecule has 0 radical (unpaired) electrons. The van der Waals surface area contributed by atoms with E-state index in [1.165, 1.54) is 23.5 Å². The lowest BCUT2D eigenvalue weighted by Gasteiger charge is -2.25. The first-order valence-electron chi connectivity index (χ1n) is 9.47. The zero-order chi connectivity index (χ0) is 21.1. The van der Waals surface area contributed by atoms with E-state index in [9.17, 15) is 13.2 Å². The number of carbonyl (C=O) groups is 1. The Morgan fingerprint density at radius 3 is 2.60 bits per heavy atom. The van der Waals surface area contributed by atoms with Crippen molar-refractivity contribution in [2.45, 2.75) is 17.9 Å². The highest BCUT2D eigenvalue weighted by Crippen LogP contribution is 2.32. The summed E-state index contributed by atoms with van der Waals surface area (Å²) in [5.41, 5.74) is 1.48. The van der Waals surface area contributed by atoms with Crippen LogP contribution < -0.4 is 19.5 Å². The van der Waals surface area contributed by atoms with E-state index in [-0.39, 0.29) is 30.7 Å². The highest BCUT2D eigenvalue weighted by Gasteiger charge is 2.27. The van der Waals surface area contributed by atoms with Crippen LogP contribution in [0.5, 0.6) is 17.2 Å². The molecule has 2 aromatic rings. The molecule has 2 aromatic carbocycles. The predicted octanol–water partition coefficient (Wildman–Crippen LogP) is 2.06. The van der Waals surface area contributed by atoms with Gasteiger partial charge >= 0.3 is 0 Å². The van der Waals surface area contributed by atoms with Gasteiger partial charge in [0.05, 0.1) is 12.0 Å². The van der Waals surface area contributed by atoms with Crippen molar-refractivity contribution in [3.05, 3.63) is 59.7 Å². The molecule has 0 saturated carbocycles. The van der Waals surface area contributed by atoms with Gasteiger partial charge in [0.15, 0.2) is 11.5 Å². The molecule has 2 aliphatic rings. The van der Waals surface area contributed by atoms with Gasteiger partial charge in [0.1, 0.15) is 5.75 Å². The van der Waals surface area contributed by atoms with Crippen LogP contribution >= 0.6 is 0 Å². The van der Waals surface area contributed by atoms with Crippen LogP contribution in [-0.2, 0) is 21.4 Å². The first-order chi connectivity index (χ1) is 14.5. The van der Waals surface area contributed by atoms with Crippen molar-refractivity contribution in [2.75, 3.05) is 27.0 Å². The second-order valence-corrected chi connectivity index (χ2v) is 8.83. The van der Waals surface area contributed by atoms with Crippen molar-refractivity contribution in [3.8, 4) is 17.2 Å². The molecule has 2 heterocycles. The van der Waals surface area contributed by atoms with Crippen molar-refractivity contribution < 1.29 is 27.4 Å². The molecule has 0 bridgehead atoms. The summed E-state index contributed by atoms with van der Waals surface area (Å²) in [6.07, 6.45) is 2.02. The third-order valence-electron chi connectivity index (χ3n) is 5.05. The number of benzene rings is 2. The fraction of sp³-hybridized carbons (Fsp3) is 0.286. The van der Waals surface area contributed by atoms with E-state index in [2.05, 4.69) is 5.32 Å². The summed E-state index contributed by atoms with van der Waals surface area (Å²) in [5.74, 6) is 1.75. The van der Waals surface area contributed by atoms with Gasteiger partial charge in [-0.3, -0.25) is 4.79 Å². The lowest BCUT2D eigenvalue weighted by atomic mass is 10.1. The topological polar surface area (TPSA) is 94.2 Å².